The van der Waals surface area contributed by atoms with Crippen molar-refractivity contribution in [1.82, 2.24) is 15.3 Å². The molecule has 2 aliphatic rings. The minimum Gasteiger partial charge on any atom is -0.489 e. The van der Waals surface area contributed by atoms with Crippen LogP contribution in [0.5, 0.6) is 11.5 Å². The van der Waals surface area contributed by atoms with Gasteiger partial charge in [-0.3, -0.25) is 0 Å². The fraction of sp³-hybridized carbons (Fsp3) is 0.400. The summed E-state index contributed by atoms with van der Waals surface area (Å²) in [7, 11) is 0. The molecule has 0 saturated carbocycles. The number of ether oxygens (including phenoxy) is 2. The molecule has 27 heavy (non-hydrogen) atoms. The Morgan fingerprint density at radius 1 is 1.48 bits per heavy atom. The molecule has 2 N–H and O–H groups in total. The van der Waals surface area contributed by atoms with E-state index in [4.69, 9.17) is 9.47 Å². The summed E-state index contributed by atoms with van der Waals surface area (Å²) in [6.45, 7) is 7.61. The number of allylic oxidation sites excluding steroid dienone is 2. The first-order chi connectivity index (χ1) is 13.2. The van der Waals surface area contributed by atoms with Crippen LogP contribution < -0.4 is 20.1 Å². The monoisotopic (exact) mass is 370 g/mol. The van der Waals surface area contributed by atoms with E-state index in [1.54, 1.807) is 18.2 Å². The topological polar surface area (TPSA) is 68.3 Å². The lowest BCUT2D eigenvalue weighted by molar-refractivity contribution is 0.137. The first-order valence-electron chi connectivity index (χ1n) is 9.18. The van der Waals surface area contributed by atoms with Crippen LogP contribution in [0.1, 0.15) is 17.8 Å². The fourth-order valence-corrected chi connectivity index (χ4v) is 3.27. The van der Waals surface area contributed by atoms with Crippen LogP contribution in [0.25, 0.3) is 10.9 Å². The number of anilines is 1. The first kappa shape index (κ1) is 17.7. The average molecular weight is 370 g/mol. The lowest BCUT2D eigenvalue weighted by Crippen LogP contribution is -2.50. The highest BCUT2D eigenvalue weighted by atomic mass is 19.1. The first-order valence-corrected chi connectivity index (χ1v) is 9.18. The van der Waals surface area contributed by atoms with E-state index in [1.807, 2.05) is 13.0 Å². The van der Waals surface area contributed by atoms with E-state index >= 15 is 0 Å². The molecule has 0 radical (unpaired) electrons. The third-order valence-corrected chi connectivity index (χ3v) is 4.66. The Hall–Kier alpha value is -2.67. The summed E-state index contributed by atoms with van der Waals surface area (Å²) < 4.78 is 26.3. The van der Waals surface area contributed by atoms with Gasteiger partial charge in [0.25, 0.3) is 0 Å². The second kappa shape index (κ2) is 7.52. The predicted octanol–water partition coefficient (Wildman–Crippen LogP) is 3.06. The van der Waals surface area contributed by atoms with Gasteiger partial charge < -0.3 is 20.1 Å². The Kier molecular flexibility index (Phi) is 4.94. The van der Waals surface area contributed by atoms with Crippen molar-refractivity contribution in [2.45, 2.75) is 32.2 Å². The standard InChI is InChI=1S/C20H23FN4O2/c1-3-4-5-6-17(21)25-20-15-9-16(27-13-10-22-11-13)19-14(7-8-26-19)18(15)23-12(2)24-20/h3-5,9,13,17,22H,1,6-8,10-11H2,2H3,(H,23,24,25)/b5-4-. The molecule has 1 aromatic heterocycles. The summed E-state index contributed by atoms with van der Waals surface area (Å²) in [5.74, 6) is 2.50. The summed E-state index contributed by atoms with van der Waals surface area (Å²) in [6, 6.07) is 1.87. The molecule has 0 aliphatic carbocycles. The molecule has 3 heterocycles. The molecule has 7 heteroatoms. The van der Waals surface area contributed by atoms with Crippen molar-refractivity contribution in [2.24, 2.45) is 0 Å². The number of fused-ring (bicyclic) bond motifs is 3. The molecule has 1 unspecified atom stereocenters. The van der Waals surface area contributed by atoms with Crippen LogP contribution in [0.3, 0.4) is 0 Å². The number of aromatic nitrogens is 2. The maximum absolute atomic E-state index is 14.4. The number of alkyl halides is 1. The fourth-order valence-electron chi connectivity index (χ4n) is 3.27. The quantitative estimate of drug-likeness (QED) is 0.577. The van der Waals surface area contributed by atoms with Crippen molar-refractivity contribution in [3.05, 3.63) is 42.3 Å². The van der Waals surface area contributed by atoms with E-state index in [0.717, 1.165) is 41.7 Å². The normalized spacial score (nSPS) is 17.4. The number of hydrogen-bond acceptors (Lipinski definition) is 6. The molecular formula is C20H23FN4O2. The Labute approximate surface area is 157 Å². The van der Waals surface area contributed by atoms with Gasteiger partial charge in [0.05, 0.1) is 12.1 Å². The molecule has 142 valence electrons. The Balaban J connectivity index is 1.73. The smallest absolute Gasteiger partial charge is 0.174 e. The minimum absolute atomic E-state index is 0.122. The number of benzene rings is 1. The van der Waals surface area contributed by atoms with Crippen molar-refractivity contribution in [2.75, 3.05) is 25.0 Å². The van der Waals surface area contributed by atoms with Crippen molar-refractivity contribution in [3.63, 3.8) is 0 Å². The van der Waals surface area contributed by atoms with Gasteiger partial charge in [0, 0.05) is 36.9 Å². The van der Waals surface area contributed by atoms with Gasteiger partial charge in [-0.2, -0.15) is 0 Å². The average Bonchev–Trinajstić information content (AvgIpc) is 3.09. The van der Waals surface area contributed by atoms with E-state index in [-0.39, 0.29) is 12.5 Å². The molecule has 2 aliphatic heterocycles. The molecule has 1 aromatic carbocycles. The van der Waals surface area contributed by atoms with Crippen molar-refractivity contribution in [3.8, 4) is 11.5 Å². The van der Waals surface area contributed by atoms with Crippen molar-refractivity contribution >= 4 is 16.7 Å². The van der Waals surface area contributed by atoms with Crippen molar-refractivity contribution < 1.29 is 13.9 Å². The van der Waals surface area contributed by atoms with Gasteiger partial charge in [0.2, 0.25) is 0 Å². The zero-order valence-corrected chi connectivity index (χ0v) is 15.3. The van der Waals surface area contributed by atoms with E-state index in [9.17, 15) is 4.39 Å². The summed E-state index contributed by atoms with van der Waals surface area (Å²) in [5, 5.41) is 6.81. The van der Waals surface area contributed by atoms with Gasteiger partial charge >= 0.3 is 0 Å². The SMILES string of the molecule is C=C/C=C\CC(F)Nc1nc(C)nc2c3c(c(OC4CNC4)cc12)OCC3. The highest BCUT2D eigenvalue weighted by molar-refractivity contribution is 5.95. The molecule has 2 aromatic rings. The summed E-state index contributed by atoms with van der Waals surface area (Å²) in [6.07, 6.45) is 4.91. The second-order valence-corrected chi connectivity index (χ2v) is 6.71. The second-order valence-electron chi connectivity index (χ2n) is 6.71. The number of hydrogen-bond donors (Lipinski definition) is 2. The Morgan fingerprint density at radius 3 is 3.07 bits per heavy atom. The van der Waals surface area contributed by atoms with E-state index in [0.29, 0.717) is 24.0 Å². The highest BCUT2D eigenvalue weighted by Crippen LogP contribution is 2.42. The van der Waals surface area contributed by atoms with Gasteiger partial charge in [-0.25, -0.2) is 14.4 Å². The zero-order chi connectivity index (χ0) is 18.8. The Morgan fingerprint density at radius 2 is 2.33 bits per heavy atom. The number of aryl methyl sites for hydroxylation is 1. The van der Waals surface area contributed by atoms with Crippen LogP contribution in [0.2, 0.25) is 0 Å². The number of nitrogens with one attached hydrogen (secondary N) is 2. The van der Waals surface area contributed by atoms with Crippen LogP contribution in [0.4, 0.5) is 10.2 Å². The lowest BCUT2D eigenvalue weighted by Gasteiger charge is -2.28. The summed E-state index contributed by atoms with van der Waals surface area (Å²) >= 11 is 0. The Bertz CT molecular complexity index is 895. The largest absolute Gasteiger partial charge is 0.489 e. The van der Waals surface area contributed by atoms with Crippen molar-refractivity contribution in [1.29, 1.82) is 0 Å². The molecule has 1 saturated heterocycles. The van der Waals surface area contributed by atoms with Gasteiger partial charge in [-0.15, -0.1) is 0 Å². The lowest BCUT2D eigenvalue weighted by atomic mass is 10.1. The van der Waals surface area contributed by atoms with E-state index in [1.165, 1.54) is 0 Å². The molecule has 6 nitrogen and oxygen atoms in total. The van der Waals surface area contributed by atoms with Gasteiger partial charge in [0.1, 0.15) is 17.7 Å². The highest BCUT2D eigenvalue weighted by Gasteiger charge is 2.27. The number of halogens is 1. The van der Waals surface area contributed by atoms with Gasteiger partial charge in [0.15, 0.2) is 17.8 Å². The molecule has 1 atom stereocenters. The molecular weight excluding hydrogens is 347 g/mol. The zero-order valence-electron chi connectivity index (χ0n) is 15.3. The third kappa shape index (κ3) is 3.60. The summed E-state index contributed by atoms with van der Waals surface area (Å²) in [5.41, 5.74) is 1.80. The van der Waals surface area contributed by atoms with Crippen LogP contribution in [-0.2, 0) is 6.42 Å². The number of rotatable bonds is 7. The third-order valence-electron chi connectivity index (χ3n) is 4.66. The van der Waals surface area contributed by atoms with Crippen LogP contribution >= 0.6 is 0 Å². The molecule has 0 bridgehead atoms. The predicted molar refractivity (Wildman–Crippen MR) is 103 cm³/mol. The van der Waals surface area contributed by atoms with E-state index < -0.39 is 6.30 Å². The van der Waals surface area contributed by atoms with Crippen LogP contribution in [0, 0.1) is 6.92 Å². The maximum Gasteiger partial charge on any atom is 0.174 e. The van der Waals surface area contributed by atoms with E-state index in [2.05, 4.69) is 27.2 Å². The minimum atomic E-state index is -1.26. The van der Waals surface area contributed by atoms with Gasteiger partial charge in [-0.1, -0.05) is 24.8 Å². The van der Waals surface area contributed by atoms with Crippen LogP contribution in [0.15, 0.2) is 30.9 Å². The maximum atomic E-state index is 14.4. The molecule has 0 spiro atoms. The summed E-state index contributed by atoms with van der Waals surface area (Å²) in [4.78, 5) is 9.03. The number of nitrogens with zero attached hydrogens (tertiary/aromatic N) is 2. The molecule has 1 fully saturated rings. The molecule has 4 rings (SSSR count). The van der Waals surface area contributed by atoms with Gasteiger partial charge in [-0.05, 0) is 13.0 Å². The van der Waals surface area contributed by atoms with Crippen LogP contribution in [-0.4, -0.2) is 42.1 Å². The molecule has 0 amide bonds.